The third kappa shape index (κ3) is 4.90. The first kappa shape index (κ1) is 10.1. The Labute approximate surface area is 141 Å². The second-order valence-electron chi connectivity index (χ2n) is 4.73. The number of esters is 2. The maximum Gasteiger partial charge on any atom is 0.302 e. The van der Waals surface area contributed by atoms with Gasteiger partial charge in [-0.2, -0.15) is 4.98 Å². The average Bonchev–Trinajstić information content (AvgIpc) is 3.00. The average molecular weight is 327 g/mol. The molecule has 0 atom stereocenters. The van der Waals surface area contributed by atoms with Gasteiger partial charge < -0.3 is 19.8 Å². The fourth-order valence-corrected chi connectivity index (χ4v) is 1.96. The second kappa shape index (κ2) is 7.52. The van der Waals surface area contributed by atoms with Crippen molar-refractivity contribution < 1.29 is 27.3 Å². The minimum Gasteiger partial charge on any atom is -0.465 e. The SMILES string of the molecule is [2H]C([2H])([2H])C(=O)OCC(CCn1cnc2cnc(N)nc21)COC(=O)C([2H])([2H])[2H]. The fraction of sp³-hybridized carbons (Fsp3) is 0.500. The summed E-state index contributed by atoms with van der Waals surface area (Å²) in [4.78, 5) is 35.0. The van der Waals surface area contributed by atoms with Gasteiger partial charge in [0.05, 0.1) is 25.7 Å². The first-order valence-corrected chi connectivity index (χ1v) is 6.65. The van der Waals surface area contributed by atoms with Gasteiger partial charge in [0.25, 0.3) is 0 Å². The molecule has 124 valence electrons. The van der Waals surface area contributed by atoms with Crippen molar-refractivity contribution in [2.45, 2.75) is 26.7 Å². The molecule has 0 radical (unpaired) electrons. The number of carbonyl (C=O) groups is 2. The van der Waals surface area contributed by atoms with Crippen molar-refractivity contribution in [3.63, 3.8) is 0 Å². The maximum absolute atomic E-state index is 11.5. The van der Waals surface area contributed by atoms with Gasteiger partial charge in [-0.25, -0.2) is 9.97 Å². The van der Waals surface area contributed by atoms with Crippen LogP contribution in [0.3, 0.4) is 0 Å². The van der Waals surface area contributed by atoms with Gasteiger partial charge in [-0.05, 0) is 6.42 Å². The Bertz CT molecular complexity index is 851. The number of nitrogens with zero attached hydrogens (tertiary/aromatic N) is 4. The van der Waals surface area contributed by atoms with E-state index < -0.39 is 31.6 Å². The van der Waals surface area contributed by atoms with E-state index in [1.165, 1.54) is 12.5 Å². The number of fused-ring (bicyclic) bond motifs is 1. The molecule has 0 aliphatic heterocycles. The van der Waals surface area contributed by atoms with E-state index in [1.54, 1.807) is 4.57 Å². The van der Waals surface area contributed by atoms with Crippen molar-refractivity contribution in [3.05, 3.63) is 12.5 Å². The summed E-state index contributed by atoms with van der Waals surface area (Å²) in [6, 6.07) is 0. The van der Waals surface area contributed by atoms with Gasteiger partial charge in [-0.1, -0.05) is 0 Å². The topological polar surface area (TPSA) is 122 Å². The van der Waals surface area contributed by atoms with Crippen molar-refractivity contribution in [1.82, 2.24) is 19.5 Å². The van der Waals surface area contributed by atoms with E-state index in [1.807, 2.05) is 0 Å². The van der Waals surface area contributed by atoms with Crippen LogP contribution in [0.25, 0.3) is 11.2 Å². The molecule has 0 saturated carbocycles. The third-order valence-corrected chi connectivity index (χ3v) is 3.06. The van der Waals surface area contributed by atoms with Crippen LogP contribution < -0.4 is 5.73 Å². The number of rotatable bonds is 7. The Morgan fingerprint density at radius 1 is 1.30 bits per heavy atom. The first-order valence-electron chi connectivity index (χ1n) is 9.65. The van der Waals surface area contributed by atoms with Crippen molar-refractivity contribution in [2.24, 2.45) is 5.92 Å². The lowest BCUT2D eigenvalue weighted by molar-refractivity contribution is -0.146. The molecular formula is C14H19N5O4. The molecule has 2 aromatic rings. The molecule has 2 aromatic heterocycles. The summed E-state index contributed by atoms with van der Waals surface area (Å²) in [5, 5.41) is 0. The van der Waals surface area contributed by atoms with E-state index in [0.717, 1.165) is 0 Å². The zero-order valence-corrected chi connectivity index (χ0v) is 12.1. The number of nitrogens with two attached hydrogens (primary N) is 1. The third-order valence-electron chi connectivity index (χ3n) is 3.06. The summed E-state index contributed by atoms with van der Waals surface area (Å²) >= 11 is 0. The van der Waals surface area contributed by atoms with E-state index in [-0.39, 0.29) is 32.1 Å². The lowest BCUT2D eigenvalue weighted by Gasteiger charge is -2.16. The molecule has 0 unspecified atom stereocenters. The van der Waals surface area contributed by atoms with Gasteiger partial charge in [0.1, 0.15) is 5.52 Å². The fourth-order valence-electron chi connectivity index (χ4n) is 1.96. The molecule has 0 bridgehead atoms. The van der Waals surface area contributed by atoms with Gasteiger partial charge in [-0.15, -0.1) is 0 Å². The van der Waals surface area contributed by atoms with Crippen LogP contribution >= 0.6 is 0 Å². The number of anilines is 1. The molecule has 9 heteroatoms. The normalized spacial score (nSPS) is 15.9. The highest BCUT2D eigenvalue weighted by Gasteiger charge is 2.14. The maximum atomic E-state index is 11.5. The van der Waals surface area contributed by atoms with Gasteiger partial charge in [0.15, 0.2) is 5.65 Å². The predicted octanol–water partition coefficient (Wildman–Crippen LogP) is 0.541. The molecule has 2 N–H and O–H groups in total. The van der Waals surface area contributed by atoms with Gasteiger partial charge in [0, 0.05) is 34.4 Å². The minimum absolute atomic E-state index is 0.0500. The molecule has 0 aliphatic rings. The largest absolute Gasteiger partial charge is 0.465 e. The monoisotopic (exact) mass is 327 g/mol. The number of imidazole rings is 1. The minimum atomic E-state index is -2.94. The van der Waals surface area contributed by atoms with Crippen LogP contribution in [-0.4, -0.2) is 44.7 Å². The molecule has 9 nitrogen and oxygen atoms in total. The molecular weight excluding hydrogens is 302 g/mol. The Morgan fingerprint density at radius 3 is 2.65 bits per heavy atom. The summed E-state index contributed by atoms with van der Waals surface area (Å²) in [5.41, 5.74) is 6.52. The molecule has 2 heterocycles. The molecule has 23 heavy (non-hydrogen) atoms. The molecule has 0 saturated heterocycles. The molecule has 2 rings (SSSR count). The highest BCUT2D eigenvalue weighted by Crippen LogP contribution is 2.13. The van der Waals surface area contributed by atoms with Crippen LogP contribution in [0, 0.1) is 5.92 Å². The number of nitrogen functional groups attached to an aromatic ring is 1. The van der Waals surface area contributed by atoms with Crippen LogP contribution in [0.2, 0.25) is 0 Å². The van der Waals surface area contributed by atoms with E-state index in [9.17, 15) is 9.59 Å². The molecule has 0 aromatic carbocycles. The molecule has 0 aliphatic carbocycles. The number of hydrogen-bond donors (Lipinski definition) is 1. The van der Waals surface area contributed by atoms with E-state index in [4.69, 9.17) is 23.4 Å². The Kier molecular flexibility index (Phi) is 3.32. The van der Waals surface area contributed by atoms with Crippen molar-refractivity contribution in [2.75, 3.05) is 18.9 Å². The van der Waals surface area contributed by atoms with E-state index in [0.29, 0.717) is 11.2 Å². The lowest BCUT2D eigenvalue weighted by Crippen LogP contribution is -2.21. The lowest BCUT2D eigenvalue weighted by atomic mass is 10.1. The van der Waals surface area contributed by atoms with Crippen molar-refractivity contribution in [3.8, 4) is 0 Å². The highest BCUT2D eigenvalue weighted by atomic mass is 16.5. The summed E-state index contributed by atoms with van der Waals surface area (Å²) in [7, 11) is 0. The second-order valence-corrected chi connectivity index (χ2v) is 4.73. The van der Waals surface area contributed by atoms with Crippen LogP contribution in [0.5, 0.6) is 0 Å². The summed E-state index contributed by atoms with van der Waals surface area (Å²) < 4.78 is 53.3. The Balaban J connectivity index is 2.05. The number of hydrogen-bond acceptors (Lipinski definition) is 8. The molecule has 0 amide bonds. The Morgan fingerprint density at radius 2 is 2.00 bits per heavy atom. The Hall–Kier alpha value is -2.71. The summed E-state index contributed by atoms with van der Waals surface area (Å²) in [6.45, 7) is -6.36. The molecule has 0 spiro atoms. The van der Waals surface area contributed by atoms with Crippen LogP contribution in [0.4, 0.5) is 5.95 Å². The number of aryl methyl sites for hydroxylation is 1. The van der Waals surface area contributed by atoms with Crippen LogP contribution in [-0.2, 0) is 25.6 Å². The van der Waals surface area contributed by atoms with Crippen LogP contribution in [0.1, 0.15) is 28.3 Å². The van der Waals surface area contributed by atoms with E-state index >= 15 is 0 Å². The standard InChI is InChI=1S/C14H19N5O4/c1-9(20)22-6-11(7-23-10(2)21)3-4-19-8-17-12-5-16-14(15)18-13(12)19/h5,8,11H,3-4,6-7H2,1-2H3,(H2,15,16,18)/i1D3,2D3. The predicted molar refractivity (Wildman–Crippen MR) is 81.1 cm³/mol. The first-order chi connectivity index (χ1) is 13.4. The van der Waals surface area contributed by atoms with Crippen molar-refractivity contribution in [1.29, 1.82) is 0 Å². The quantitative estimate of drug-likeness (QED) is 0.731. The number of carbonyl (C=O) groups excluding carboxylic acids is 2. The highest BCUT2D eigenvalue weighted by molar-refractivity contribution is 5.70. The molecule has 0 fully saturated rings. The van der Waals surface area contributed by atoms with E-state index in [2.05, 4.69) is 15.0 Å². The van der Waals surface area contributed by atoms with Crippen LogP contribution in [0.15, 0.2) is 12.5 Å². The van der Waals surface area contributed by atoms with Gasteiger partial charge in [-0.3, -0.25) is 9.59 Å². The zero-order chi connectivity index (χ0) is 21.8. The van der Waals surface area contributed by atoms with Gasteiger partial charge in [0.2, 0.25) is 5.95 Å². The summed E-state index contributed by atoms with van der Waals surface area (Å²) in [6.07, 6.45) is 3.17. The smallest absolute Gasteiger partial charge is 0.302 e. The van der Waals surface area contributed by atoms with Gasteiger partial charge >= 0.3 is 11.9 Å². The number of ether oxygens (including phenoxy) is 2. The zero-order valence-electron chi connectivity index (χ0n) is 18.1. The summed E-state index contributed by atoms with van der Waals surface area (Å²) in [5.74, 6) is -3.42. The number of aromatic nitrogens is 4. The van der Waals surface area contributed by atoms with Crippen molar-refractivity contribution >= 4 is 29.1 Å².